The second kappa shape index (κ2) is 7.71. The fourth-order valence-corrected chi connectivity index (χ4v) is 3.36. The molecule has 0 radical (unpaired) electrons. The van der Waals surface area contributed by atoms with E-state index in [9.17, 15) is 12.8 Å². The van der Waals surface area contributed by atoms with Crippen molar-refractivity contribution in [3.05, 3.63) is 29.6 Å². The quantitative estimate of drug-likeness (QED) is 0.775. The SMILES string of the molecule is CCCC(C)NS(=O)(=O)c1cc(CNCC)ccc1F. The summed E-state index contributed by atoms with van der Waals surface area (Å²) in [6, 6.07) is 3.97. The highest BCUT2D eigenvalue weighted by Gasteiger charge is 2.21. The second-order valence-electron chi connectivity index (χ2n) is 4.86. The summed E-state index contributed by atoms with van der Waals surface area (Å²) in [6.07, 6.45) is 1.59. The van der Waals surface area contributed by atoms with Gasteiger partial charge in [0.25, 0.3) is 0 Å². The van der Waals surface area contributed by atoms with Crippen molar-refractivity contribution in [2.24, 2.45) is 0 Å². The molecule has 6 heteroatoms. The van der Waals surface area contributed by atoms with Crippen LogP contribution in [0.3, 0.4) is 0 Å². The van der Waals surface area contributed by atoms with Gasteiger partial charge in [0.1, 0.15) is 10.7 Å². The highest BCUT2D eigenvalue weighted by atomic mass is 32.2. The molecule has 1 aromatic carbocycles. The number of halogens is 1. The molecule has 1 aromatic rings. The maximum Gasteiger partial charge on any atom is 0.243 e. The predicted molar refractivity (Wildman–Crippen MR) is 78.5 cm³/mol. The molecule has 0 bridgehead atoms. The first-order valence-corrected chi connectivity index (χ1v) is 8.40. The van der Waals surface area contributed by atoms with Crippen LogP contribution in [0.5, 0.6) is 0 Å². The van der Waals surface area contributed by atoms with E-state index in [-0.39, 0.29) is 10.9 Å². The normalized spacial score (nSPS) is 13.4. The van der Waals surface area contributed by atoms with E-state index in [4.69, 9.17) is 0 Å². The zero-order valence-corrected chi connectivity index (χ0v) is 13.1. The Morgan fingerprint density at radius 2 is 2.00 bits per heavy atom. The van der Waals surface area contributed by atoms with Crippen LogP contribution in [0.25, 0.3) is 0 Å². The van der Waals surface area contributed by atoms with E-state index in [1.54, 1.807) is 13.0 Å². The molecule has 0 saturated carbocycles. The number of rotatable bonds is 8. The Hall–Kier alpha value is -0.980. The van der Waals surface area contributed by atoms with Crippen LogP contribution in [-0.4, -0.2) is 21.0 Å². The molecule has 1 atom stereocenters. The van der Waals surface area contributed by atoms with Crippen LogP contribution in [-0.2, 0) is 16.6 Å². The number of hydrogen-bond acceptors (Lipinski definition) is 3. The Morgan fingerprint density at radius 3 is 2.60 bits per heavy atom. The molecular weight excluding hydrogens is 279 g/mol. The molecule has 0 spiro atoms. The lowest BCUT2D eigenvalue weighted by atomic mass is 10.2. The van der Waals surface area contributed by atoms with Gasteiger partial charge in [-0.25, -0.2) is 17.5 Å². The molecule has 1 rings (SSSR count). The van der Waals surface area contributed by atoms with Gasteiger partial charge >= 0.3 is 0 Å². The van der Waals surface area contributed by atoms with Gasteiger partial charge in [-0.15, -0.1) is 0 Å². The fraction of sp³-hybridized carbons (Fsp3) is 0.571. The zero-order chi connectivity index (χ0) is 15.2. The average molecular weight is 302 g/mol. The van der Waals surface area contributed by atoms with Crippen molar-refractivity contribution in [2.75, 3.05) is 6.54 Å². The van der Waals surface area contributed by atoms with Crippen LogP contribution in [0.2, 0.25) is 0 Å². The monoisotopic (exact) mass is 302 g/mol. The molecule has 0 aliphatic carbocycles. The van der Waals surface area contributed by atoms with E-state index in [1.807, 2.05) is 13.8 Å². The first kappa shape index (κ1) is 17.1. The number of sulfonamides is 1. The molecule has 0 amide bonds. The molecule has 2 N–H and O–H groups in total. The largest absolute Gasteiger partial charge is 0.313 e. The molecule has 20 heavy (non-hydrogen) atoms. The molecule has 1 unspecified atom stereocenters. The topological polar surface area (TPSA) is 58.2 Å². The lowest BCUT2D eigenvalue weighted by Gasteiger charge is -2.14. The summed E-state index contributed by atoms with van der Waals surface area (Å²) in [7, 11) is -3.81. The summed E-state index contributed by atoms with van der Waals surface area (Å²) in [5.41, 5.74) is 0.747. The van der Waals surface area contributed by atoms with Gasteiger partial charge in [-0.3, -0.25) is 0 Å². The van der Waals surface area contributed by atoms with Crippen molar-refractivity contribution in [1.82, 2.24) is 10.0 Å². The number of benzene rings is 1. The van der Waals surface area contributed by atoms with Crippen molar-refractivity contribution in [1.29, 1.82) is 0 Å². The smallest absolute Gasteiger partial charge is 0.243 e. The Balaban J connectivity index is 2.98. The third-order valence-electron chi connectivity index (χ3n) is 2.94. The van der Waals surface area contributed by atoms with Crippen LogP contribution in [0.15, 0.2) is 23.1 Å². The van der Waals surface area contributed by atoms with Crippen molar-refractivity contribution in [3.8, 4) is 0 Å². The number of hydrogen-bond donors (Lipinski definition) is 2. The molecule has 0 aliphatic heterocycles. The lowest BCUT2D eigenvalue weighted by molar-refractivity contribution is 0.530. The van der Waals surface area contributed by atoms with Gasteiger partial charge < -0.3 is 5.32 Å². The Bertz CT molecular complexity index is 532. The highest BCUT2D eigenvalue weighted by molar-refractivity contribution is 7.89. The standard InChI is InChI=1S/C14H23FN2O2S/c1-4-6-11(3)17-20(18,19)14-9-12(10-16-5-2)7-8-13(14)15/h7-9,11,16-17H,4-6,10H2,1-3H3. The van der Waals surface area contributed by atoms with E-state index in [1.165, 1.54) is 12.1 Å². The van der Waals surface area contributed by atoms with E-state index in [0.29, 0.717) is 6.54 Å². The van der Waals surface area contributed by atoms with Crippen LogP contribution in [0, 0.1) is 5.82 Å². The predicted octanol–water partition coefficient (Wildman–Crippen LogP) is 2.40. The minimum absolute atomic E-state index is 0.207. The van der Waals surface area contributed by atoms with Gasteiger partial charge in [0.2, 0.25) is 10.0 Å². The van der Waals surface area contributed by atoms with Gasteiger partial charge in [0, 0.05) is 12.6 Å². The van der Waals surface area contributed by atoms with E-state index >= 15 is 0 Å². The summed E-state index contributed by atoms with van der Waals surface area (Å²) in [6.45, 7) is 6.99. The number of nitrogens with one attached hydrogen (secondary N) is 2. The molecule has 0 heterocycles. The van der Waals surface area contributed by atoms with Gasteiger partial charge in [-0.2, -0.15) is 0 Å². The van der Waals surface area contributed by atoms with Gasteiger partial charge in [-0.05, 0) is 37.6 Å². The summed E-state index contributed by atoms with van der Waals surface area (Å²) in [5.74, 6) is -0.721. The van der Waals surface area contributed by atoms with E-state index < -0.39 is 15.8 Å². The summed E-state index contributed by atoms with van der Waals surface area (Å²) >= 11 is 0. The Morgan fingerprint density at radius 1 is 1.30 bits per heavy atom. The van der Waals surface area contributed by atoms with Crippen LogP contribution in [0.4, 0.5) is 4.39 Å². The lowest BCUT2D eigenvalue weighted by Crippen LogP contribution is -2.33. The average Bonchev–Trinajstić information content (AvgIpc) is 2.37. The molecule has 0 aliphatic rings. The van der Waals surface area contributed by atoms with Crippen molar-refractivity contribution >= 4 is 10.0 Å². The van der Waals surface area contributed by atoms with E-state index in [2.05, 4.69) is 10.0 Å². The first-order chi connectivity index (χ1) is 9.40. The van der Waals surface area contributed by atoms with Crippen LogP contribution in [0.1, 0.15) is 39.2 Å². The van der Waals surface area contributed by atoms with E-state index in [0.717, 1.165) is 24.9 Å². The second-order valence-corrected chi connectivity index (χ2v) is 6.54. The van der Waals surface area contributed by atoms with Crippen molar-refractivity contribution < 1.29 is 12.8 Å². The van der Waals surface area contributed by atoms with Gasteiger partial charge in [0.15, 0.2) is 0 Å². The van der Waals surface area contributed by atoms with Crippen LogP contribution >= 0.6 is 0 Å². The Labute approximate surface area is 120 Å². The molecule has 114 valence electrons. The Kier molecular flexibility index (Phi) is 6.58. The minimum Gasteiger partial charge on any atom is -0.313 e. The zero-order valence-electron chi connectivity index (χ0n) is 12.2. The third-order valence-corrected chi connectivity index (χ3v) is 4.55. The molecular formula is C14H23FN2O2S. The van der Waals surface area contributed by atoms with Gasteiger partial charge in [0.05, 0.1) is 0 Å². The third kappa shape index (κ3) is 4.85. The van der Waals surface area contributed by atoms with Crippen LogP contribution < -0.4 is 10.0 Å². The summed E-state index contributed by atoms with van der Waals surface area (Å²) in [4.78, 5) is -0.282. The first-order valence-electron chi connectivity index (χ1n) is 6.92. The van der Waals surface area contributed by atoms with Gasteiger partial charge in [-0.1, -0.05) is 26.3 Å². The van der Waals surface area contributed by atoms with Crippen molar-refractivity contribution in [2.45, 2.75) is 51.1 Å². The van der Waals surface area contributed by atoms with Crippen molar-refractivity contribution in [3.63, 3.8) is 0 Å². The molecule has 0 fully saturated rings. The minimum atomic E-state index is -3.81. The maximum absolute atomic E-state index is 13.8. The molecule has 0 aromatic heterocycles. The molecule has 4 nitrogen and oxygen atoms in total. The summed E-state index contributed by atoms with van der Waals surface area (Å²) in [5, 5.41) is 3.09. The summed E-state index contributed by atoms with van der Waals surface area (Å²) < 4.78 is 40.7. The molecule has 0 saturated heterocycles. The fourth-order valence-electron chi connectivity index (χ4n) is 1.95. The maximum atomic E-state index is 13.8. The highest BCUT2D eigenvalue weighted by Crippen LogP contribution is 2.17.